The SMILES string of the molecule is OCCN[C@H]1CC[C@]2(O)C3Cc4ccc(O)c5c4[C@]2(CCN3CC2CC2)[C@@H]1O5. The van der Waals surface area contributed by atoms with Gasteiger partial charge < -0.3 is 25.4 Å². The quantitative estimate of drug-likeness (QED) is 0.602. The third kappa shape index (κ3) is 2.07. The fourth-order valence-corrected chi connectivity index (χ4v) is 6.94. The molecule has 1 aromatic rings. The van der Waals surface area contributed by atoms with Crippen LogP contribution in [-0.4, -0.2) is 70.2 Å². The van der Waals surface area contributed by atoms with Crippen LogP contribution in [0.15, 0.2) is 12.1 Å². The molecule has 6 nitrogen and oxygen atoms in total. The zero-order valence-electron chi connectivity index (χ0n) is 16.2. The molecule has 1 unspecified atom stereocenters. The zero-order chi connectivity index (χ0) is 19.1. The van der Waals surface area contributed by atoms with Crippen LogP contribution in [0, 0.1) is 5.92 Å². The van der Waals surface area contributed by atoms with Crippen LogP contribution in [0.4, 0.5) is 0 Å². The van der Waals surface area contributed by atoms with Crippen LogP contribution >= 0.6 is 0 Å². The van der Waals surface area contributed by atoms with Crippen LogP contribution < -0.4 is 10.1 Å². The van der Waals surface area contributed by atoms with E-state index in [1.54, 1.807) is 6.07 Å². The van der Waals surface area contributed by atoms with Gasteiger partial charge in [0.1, 0.15) is 6.10 Å². The zero-order valence-corrected chi connectivity index (χ0v) is 16.2. The van der Waals surface area contributed by atoms with Gasteiger partial charge in [0.15, 0.2) is 11.5 Å². The largest absolute Gasteiger partial charge is 0.504 e. The van der Waals surface area contributed by atoms with Gasteiger partial charge in [0.2, 0.25) is 0 Å². The summed E-state index contributed by atoms with van der Waals surface area (Å²) in [6, 6.07) is 3.99. The number of phenols is 1. The number of benzene rings is 1. The van der Waals surface area contributed by atoms with Gasteiger partial charge in [-0.05, 0) is 62.6 Å². The molecule has 1 saturated heterocycles. The molecule has 2 heterocycles. The molecule has 2 bridgehead atoms. The van der Waals surface area contributed by atoms with Crippen molar-refractivity contribution in [3.8, 4) is 11.5 Å². The lowest BCUT2D eigenvalue weighted by Crippen LogP contribution is -2.78. The summed E-state index contributed by atoms with van der Waals surface area (Å²) in [6.07, 6.45) is 5.68. The Morgan fingerprint density at radius 1 is 1.21 bits per heavy atom. The molecule has 0 radical (unpaired) electrons. The molecule has 28 heavy (non-hydrogen) atoms. The molecule has 4 N–H and O–H groups in total. The van der Waals surface area contributed by atoms with Gasteiger partial charge in [0.25, 0.3) is 0 Å². The highest BCUT2D eigenvalue weighted by atomic mass is 16.5. The lowest BCUT2D eigenvalue weighted by Gasteiger charge is -2.64. The van der Waals surface area contributed by atoms with Crippen LogP contribution in [0.1, 0.15) is 43.2 Å². The average Bonchev–Trinajstić information content (AvgIpc) is 3.42. The fourth-order valence-electron chi connectivity index (χ4n) is 6.94. The van der Waals surface area contributed by atoms with Crippen molar-refractivity contribution in [2.24, 2.45) is 5.92 Å². The second kappa shape index (κ2) is 5.85. The minimum absolute atomic E-state index is 0.0702. The van der Waals surface area contributed by atoms with Crippen molar-refractivity contribution in [2.75, 3.05) is 26.2 Å². The van der Waals surface area contributed by atoms with Crippen molar-refractivity contribution in [1.29, 1.82) is 0 Å². The fraction of sp³-hybridized carbons (Fsp3) is 0.727. The monoisotopic (exact) mass is 386 g/mol. The van der Waals surface area contributed by atoms with Crippen molar-refractivity contribution in [3.63, 3.8) is 0 Å². The van der Waals surface area contributed by atoms with Crippen LogP contribution in [0.3, 0.4) is 0 Å². The van der Waals surface area contributed by atoms with Gasteiger partial charge in [-0.2, -0.15) is 0 Å². The minimum Gasteiger partial charge on any atom is -0.504 e. The number of phenolic OH excluding ortho intramolecular Hbond substituents is 1. The summed E-state index contributed by atoms with van der Waals surface area (Å²) in [5.41, 5.74) is 1.00. The first-order valence-electron chi connectivity index (χ1n) is 10.9. The van der Waals surface area contributed by atoms with Crippen LogP contribution in [0.5, 0.6) is 11.5 Å². The Hall–Kier alpha value is -1.34. The van der Waals surface area contributed by atoms with E-state index in [0.717, 1.165) is 50.3 Å². The smallest absolute Gasteiger partial charge is 0.165 e. The topological polar surface area (TPSA) is 85.2 Å². The Morgan fingerprint density at radius 2 is 2.07 bits per heavy atom. The van der Waals surface area contributed by atoms with Crippen molar-refractivity contribution < 1.29 is 20.1 Å². The molecular formula is C22H30N2O4. The van der Waals surface area contributed by atoms with Gasteiger partial charge in [0, 0.05) is 30.7 Å². The first-order chi connectivity index (χ1) is 13.6. The Balaban J connectivity index is 1.49. The normalized spacial score (nSPS) is 40.9. The summed E-state index contributed by atoms with van der Waals surface area (Å²) in [6.45, 7) is 2.68. The lowest BCUT2D eigenvalue weighted by atomic mass is 9.48. The number of nitrogens with zero attached hydrogens (tertiary/aromatic N) is 1. The Bertz CT molecular complexity index is 812. The molecule has 3 aliphatic carbocycles. The lowest BCUT2D eigenvalue weighted by molar-refractivity contribution is -0.191. The number of rotatable bonds is 5. The van der Waals surface area contributed by atoms with Gasteiger partial charge in [-0.15, -0.1) is 0 Å². The van der Waals surface area contributed by atoms with Crippen LogP contribution in [0.2, 0.25) is 0 Å². The van der Waals surface area contributed by atoms with E-state index in [0.29, 0.717) is 12.3 Å². The highest BCUT2D eigenvalue weighted by Gasteiger charge is 2.72. The maximum absolute atomic E-state index is 12.3. The number of hydrogen-bond acceptors (Lipinski definition) is 6. The van der Waals surface area contributed by atoms with Crippen LogP contribution in [0.25, 0.3) is 0 Å². The maximum atomic E-state index is 12.3. The van der Waals surface area contributed by atoms with Gasteiger partial charge in [-0.3, -0.25) is 4.90 Å². The number of piperidine rings is 1. The average molecular weight is 386 g/mol. The molecule has 5 aliphatic rings. The summed E-state index contributed by atoms with van der Waals surface area (Å²) in [5, 5.41) is 35.6. The number of aromatic hydroxyl groups is 1. The molecule has 5 atom stereocenters. The van der Waals surface area contributed by atoms with E-state index in [2.05, 4.69) is 10.2 Å². The number of likely N-dealkylation sites (tertiary alicyclic amines) is 1. The summed E-state index contributed by atoms with van der Waals surface area (Å²) < 4.78 is 6.44. The van der Waals surface area contributed by atoms with E-state index in [-0.39, 0.29) is 30.5 Å². The first kappa shape index (κ1) is 17.5. The first-order valence-corrected chi connectivity index (χ1v) is 10.9. The standard InChI is InChI=1S/C22H30N2O4/c25-10-8-23-15-5-6-22(27)17-11-14-3-4-16(26)19-18(14)21(22,20(15)28-19)7-9-24(17)12-13-1-2-13/h3-4,13,15,17,20,23,25-27H,1-2,5-12H2/t15-,17?,20+,21+,22-/m0/s1. The predicted octanol–water partition coefficient (Wildman–Crippen LogP) is 0.907. The number of hydrogen-bond donors (Lipinski definition) is 4. The third-order valence-electron chi connectivity index (χ3n) is 8.28. The second-order valence-corrected chi connectivity index (χ2v) is 9.61. The summed E-state index contributed by atoms with van der Waals surface area (Å²) in [7, 11) is 0. The van der Waals surface area contributed by atoms with Crippen molar-refractivity contribution in [3.05, 3.63) is 23.3 Å². The Kier molecular flexibility index (Phi) is 3.66. The Morgan fingerprint density at radius 3 is 2.86 bits per heavy atom. The molecule has 0 amide bonds. The van der Waals surface area contributed by atoms with Crippen molar-refractivity contribution in [2.45, 2.75) is 67.7 Å². The molecule has 1 spiro atoms. The van der Waals surface area contributed by atoms with E-state index >= 15 is 0 Å². The summed E-state index contributed by atoms with van der Waals surface area (Å²) in [4.78, 5) is 2.55. The molecule has 1 aromatic carbocycles. The number of aliphatic hydroxyl groups excluding tert-OH is 1. The molecule has 0 aromatic heterocycles. The molecule has 3 fully saturated rings. The highest BCUT2D eigenvalue weighted by molar-refractivity contribution is 5.62. The van der Waals surface area contributed by atoms with Gasteiger partial charge in [-0.1, -0.05) is 6.07 Å². The molecule has 6 rings (SSSR count). The molecule has 6 heteroatoms. The van der Waals surface area contributed by atoms with E-state index in [1.807, 2.05) is 6.07 Å². The maximum Gasteiger partial charge on any atom is 0.165 e. The van der Waals surface area contributed by atoms with E-state index in [1.165, 1.54) is 18.4 Å². The molecule has 2 aliphatic heterocycles. The van der Waals surface area contributed by atoms with Crippen molar-refractivity contribution >= 4 is 0 Å². The molecule has 152 valence electrons. The van der Waals surface area contributed by atoms with E-state index in [4.69, 9.17) is 4.74 Å². The van der Waals surface area contributed by atoms with E-state index < -0.39 is 11.0 Å². The third-order valence-corrected chi connectivity index (χ3v) is 8.28. The summed E-state index contributed by atoms with van der Waals surface area (Å²) >= 11 is 0. The predicted molar refractivity (Wildman–Crippen MR) is 104 cm³/mol. The number of ether oxygens (including phenoxy) is 1. The van der Waals surface area contributed by atoms with Gasteiger partial charge in [-0.25, -0.2) is 0 Å². The second-order valence-electron chi connectivity index (χ2n) is 9.61. The van der Waals surface area contributed by atoms with E-state index in [9.17, 15) is 15.3 Å². The van der Waals surface area contributed by atoms with Crippen LogP contribution in [-0.2, 0) is 11.8 Å². The number of aliphatic hydroxyl groups is 2. The minimum atomic E-state index is -0.825. The summed E-state index contributed by atoms with van der Waals surface area (Å²) in [5.74, 6) is 1.57. The van der Waals surface area contributed by atoms with Gasteiger partial charge in [0.05, 0.1) is 17.6 Å². The van der Waals surface area contributed by atoms with Crippen molar-refractivity contribution in [1.82, 2.24) is 10.2 Å². The Labute approximate surface area is 165 Å². The molecule has 2 saturated carbocycles. The number of nitrogens with one attached hydrogen (secondary N) is 1. The highest BCUT2D eigenvalue weighted by Crippen LogP contribution is 2.65. The van der Waals surface area contributed by atoms with Gasteiger partial charge >= 0.3 is 0 Å². The molecular weight excluding hydrogens is 356 g/mol.